The van der Waals surface area contributed by atoms with Gasteiger partial charge in [0, 0.05) is 25.2 Å². The van der Waals surface area contributed by atoms with Crippen molar-refractivity contribution >= 4 is 16.8 Å². The van der Waals surface area contributed by atoms with Crippen molar-refractivity contribution in [2.45, 2.75) is 46.1 Å². The molecule has 2 fully saturated rings. The maximum Gasteiger partial charge on any atom is 0.328 e. The fourth-order valence-electron chi connectivity index (χ4n) is 4.58. The minimum absolute atomic E-state index is 0.00871. The summed E-state index contributed by atoms with van der Waals surface area (Å²) in [5, 5.41) is 0.436. The number of carbonyl (C=O) groups excluding carboxylic acids is 1. The fraction of sp³-hybridized carbons (Fsp3) is 0.550. The minimum Gasteiger partial charge on any atom is -0.338 e. The summed E-state index contributed by atoms with van der Waals surface area (Å²) in [5.74, 6) is 0.659. The first-order valence-corrected chi connectivity index (χ1v) is 9.51. The van der Waals surface area contributed by atoms with Crippen molar-refractivity contribution in [2.24, 2.45) is 11.3 Å². The van der Waals surface area contributed by atoms with E-state index in [1.165, 1.54) is 19.3 Å². The first kappa shape index (κ1) is 17.1. The summed E-state index contributed by atoms with van der Waals surface area (Å²) in [6, 6.07) is 5.00. The lowest BCUT2D eigenvalue weighted by Crippen LogP contribution is -2.53. The molecule has 1 saturated carbocycles. The number of amides is 1. The Kier molecular flexibility index (Phi) is 4.01. The number of rotatable bonds is 2. The Hall–Kier alpha value is -2.37. The van der Waals surface area contributed by atoms with Gasteiger partial charge < -0.3 is 9.88 Å². The van der Waals surface area contributed by atoms with E-state index < -0.39 is 5.69 Å². The highest BCUT2D eigenvalue weighted by atomic mass is 16.2. The van der Waals surface area contributed by atoms with E-state index in [1.807, 2.05) is 4.90 Å². The van der Waals surface area contributed by atoms with Crippen LogP contribution in [0.1, 0.15) is 49.9 Å². The van der Waals surface area contributed by atoms with E-state index in [0.29, 0.717) is 34.3 Å². The number of nitrogens with zero attached hydrogens (tertiary/aromatic N) is 2. The maximum absolute atomic E-state index is 13.0. The predicted molar refractivity (Wildman–Crippen MR) is 100 cm³/mol. The van der Waals surface area contributed by atoms with Crippen LogP contribution in [0.25, 0.3) is 10.9 Å². The van der Waals surface area contributed by atoms with E-state index in [-0.39, 0.29) is 11.5 Å². The average Bonchev–Trinajstić information content (AvgIpc) is 2.60. The van der Waals surface area contributed by atoms with Crippen LogP contribution in [0.15, 0.2) is 27.8 Å². The number of carbonyl (C=O) groups is 1. The molecule has 26 heavy (non-hydrogen) atoms. The van der Waals surface area contributed by atoms with Gasteiger partial charge in [0.05, 0.1) is 10.9 Å². The third-order valence-corrected chi connectivity index (χ3v) is 6.56. The normalized spacial score (nSPS) is 21.8. The number of hydrogen-bond acceptors (Lipinski definition) is 3. The summed E-state index contributed by atoms with van der Waals surface area (Å²) in [6.07, 6.45) is 4.71. The van der Waals surface area contributed by atoms with Gasteiger partial charge in [-0.3, -0.25) is 14.2 Å². The molecular formula is C20H25N3O3. The van der Waals surface area contributed by atoms with E-state index in [1.54, 1.807) is 25.1 Å². The smallest absolute Gasteiger partial charge is 0.328 e. The van der Waals surface area contributed by atoms with E-state index >= 15 is 0 Å². The summed E-state index contributed by atoms with van der Waals surface area (Å²) in [6.45, 7) is 5.97. The number of fused-ring (bicyclic) bond motifs is 1. The SMILES string of the molecule is CCn1c(=O)[nH]c2cc(C(=O)N3CCC(C)C4(CCC4)C3)ccc2c1=O. The second kappa shape index (κ2) is 6.11. The maximum atomic E-state index is 13.0. The van der Waals surface area contributed by atoms with Crippen LogP contribution in [-0.2, 0) is 6.54 Å². The Bertz CT molecular complexity index is 984. The average molecular weight is 355 g/mol. The summed E-state index contributed by atoms with van der Waals surface area (Å²) < 4.78 is 1.16. The number of hydrogen-bond donors (Lipinski definition) is 1. The molecular weight excluding hydrogens is 330 g/mol. The van der Waals surface area contributed by atoms with Crippen LogP contribution >= 0.6 is 0 Å². The first-order chi connectivity index (χ1) is 12.4. The van der Waals surface area contributed by atoms with Crippen LogP contribution in [0.5, 0.6) is 0 Å². The number of aromatic amines is 1. The van der Waals surface area contributed by atoms with Gasteiger partial charge in [0.25, 0.3) is 11.5 Å². The van der Waals surface area contributed by atoms with Crippen molar-refractivity contribution in [3.05, 3.63) is 44.6 Å². The van der Waals surface area contributed by atoms with Gasteiger partial charge in [-0.2, -0.15) is 0 Å². The highest BCUT2D eigenvalue weighted by molar-refractivity contribution is 5.97. The topological polar surface area (TPSA) is 75.2 Å². The number of benzene rings is 1. The van der Waals surface area contributed by atoms with Gasteiger partial charge in [-0.25, -0.2) is 4.79 Å². The molecule has 1 N–H and O–H groups in total. The van der Waals surface area contributed by atoms with Crippen molar-refractivity contribution in [3.63, 3.8) is 0 Å². The van der Waals surface area contributed by atoms with Crippen molar-refractivity contribution in [1.82, 2.24) is 14.5 Å². The Balaban J connectivity index is 1.67. The van der Waals surface area contributed by atoms with Gasteiger partial charge in [0.2, 0.25) is 0 Å². The molecule has 1 aromatic carbocycles. The Morgan fingerprint density at radius 2 is 2.08 bits per heavy atom. The van der Waals surface area contributed by atoms with Gasteiger partial charge in [0.15, 0.2) is 0 Å². The quantitative estimate of drug-likeness (QED) is 0.899. The van der Waals surface area contributed by atoms with Crippen LogP contribution in [-0.4, -0.2) is 33.4 Å². The number of nitrogens with one attached hydrogen (secondary N) is 1. The van der Waals surface area contributed by atoms with Gasteiger partial charge >= 0.3 is 5.69 Å². The molecule has 4 rings (SSSR count). The predicted octanol–water partition coefficient (Wildman–Crippen LogP) is 2.36. The van der Waals surface area contributed by atoms with Crippen LogP contribution in [0.3, 0.4) is 0 Å². The molecule has 6 heteroatoms. The molecule has 1 saturated heterocycles. The Labute approximate surface area is 151 Å². The van der Waals surface area contributed by atoms with Crippen molar-refractivity contribution < 1.29 is 4.79 Å². The van der Waals surface area contributed by atoms with Crippen molar-refractivity contribution in [3.8, 4) is 0 Å². The molecule has 0 radical (unpaired) electrons. The zero-order valence-electron chi connectivity index (χ0n) is 15.4. The van der Waals surface area contributed by atoms with Crippen molar-refractivity contribution in [1.29, 1.82) is 0 Å². The number of piperidine rings is 1. The van der Waals surface area contributed by atoms with Gasteiger partial charge in [-0.05, 0) is 55.7 Å². The van der Waals surface area contributed by atoms with E-state index in [0.717, 1.165) is 24.1 Å². The molecule has 2 aliphatic rings. The standard InChI is InChI=1S/C20H25N3O3/c1-3-23-18(25)15-6-5-14(11-16(15)21-19(23)26)17(24)22-10-7-13(2)20(12-22)8-4-9-20/h5-6,11,13H,3-4,7-10,12H2,1-2H3,(H,21,26). The van der Waals surface area contributed by atoms with Crippen LogP contribution in [0.4, 0.5) is 0 Å². The Morgan fingerprint density at radius 3 is 2.73 bits per heavy atom. The second-order valence-electron chi connectivity index (χ2n) is 7.87. The Morgan fingerprint density at radius 1 is 1.31 bits per heavy atom. The van der Waals surface area contributed by atoms with Crippen LogP contribution in [0, 0.1) is 11.3 Å². The summed E-state index contributed by atoms with van der Waals surface area (Å²) in [4.78, 5) is 42.1. The summed E-state index contributed by atoms with van der Waals surface area (Å²) in [7, 11) is 0. The van der Waals surface area contributed by atoms with Gasteiger partial charge in [-0.15, -0.1) is 0 Å². The molecule has 138 valence electrons. The van der Waals surface area contributed by atoms with Crippen LogP contribution < -0.4 is 11.2 Å². The zero-order chi connectivity index (χ0) is 18.5. The molecule has 1 aromatic heterocycles. The molecule has 2 heterocycles. The molecule has 1 spiro atoms. The third kappa shape index (κ3) is 2.50. The monoisotopic (exact) mass is 355 g/mol. The third-order valence-electron chi connectivity index (χ3n) is 6.56. The molecule has 1 amide bonds. The molecule has 1 aliphatic carbocycles. The zero-order valence-corrected chi connectivity index (χ0v) is 15.4. The summed E-state index contributed by atoms with van der Waals surface area (Å²) in [5.41, 5.74) is 0.513. The lowest BCUT2D eigenvalue weighted by molar-refractivity contribution is -0.0208. The first-order valence-electron chi connectivity index (χ1n) is 9.51. The lowest BCUT2D eigenvalue weighted by atomic mass is 9.59. The van der Waals surface area contributed by atoms with E-state index in [4.69, 9.17) is 0 Å². The number of aromatic nitrogens is 2. The number of likely N-dealkylation sites (tertiary alicyclic amines) is 1. The van der Waals surface area contributed by atoms with Crippen LogP contribution in [0.2, 0.25) is 0 Å². The molecule has 6 nitrogen and oxygen atoms in total. The van der Waals surface area contributed by atoms with E-state index in [9.17, 15) is 14.4 Å². The van der Waals surface area contributed by atoms with Gasteiger partial charge in [-0.1, -0.05) is 13.3 Å². The largest absolute Gasteiger partial charge is 0.338 e. The molecule has 1 atom stereocenters. The molecule has 0 bridgehead atoms. The lowest BCUT2D eigenvalue weighted by Gasteiger charge is -2.53. The fourth-order valence-corrected chi connectivity index (χ4v) is 4.58. The molecule has 1 aliphatic heterocycles. The van der Waals surface area contributed by atoms with E-state index in [2.05, 4.69) is 11.9 Å². The highest BCUT2D eigenvalue weighted by Crippen LogP contribution is 2.51. The summed E-state index contributed by atoms with van der Waals surface area (Å²) >= 11 is 0. The van der Waals surface area contributed by atoms with Crippen molar-refractivity contribution in [2.75, 3.05) is 13.1 Å². The molecule has 2 aromatic rings. The number of H-pyrrole nitrogens is 1. The highest BCUT2D eigenvalue weighted by Gasteiger charge is 2.46. The molecule has 1 unspecified atom stereocenters. The van der Waals surface area contributed by atoms with Gasteiger partial charge in [0.1, 0.15) is 0 Å². The second-order valence-corrected chi connectivity index (χ2v) is 7.87. The minimum atomic E-state index is -0.435.